The Morgan fingerprint density at radius 1 is 1.37 bits per heavy atom. The molecule has 2 aromatic rings. The first kappa shape index (κ1) is 13.3. The van der Waals surface area contributed by atoms with Crippen LogP contribution < -0.4 is 5.73 Å². The van der Waals surface area contributed by atoms with E-state index in [1.807, 2.05) is 25.1 Å². The van der Waals surface area contributed by atoms with E-state index in [-0.39, 0.29) is 5.91 Å². The maximum Gasteiger partial charge on any atom is 0.273 e. The molecule has 0 atom stereocenters. The molecular formula is C14H18N4O. The van der Waals surface area contributed by atoms with Crippen molar-refractivity contribution in [3.8, 4) is 5.69 Å². The van der Waals surface area contributed by atoms with E-state index in [1.165, 1.54) is 4.90 Å². The Hall–Kier alpha value is -2.14. The quantitative estimate of drug-likeness (QED) is 0.903. The zero-order valence-corrected chi connectivity index (χ0v) is 11.4. The summed E-state index contributed by atoms with van der Waals surface area (Å²) in [5.41, 5.74) is 9.15. The first-order valence-electron chi connectivity index (χ1n) is 6.10. The van der Waals surface area contributed by atoms with Crippen LogP contribution in [0, 0.1) is 6.92 Å². The monoisotopic (exact) mass is 258 g/mol. The summed E-state index contributed by atoms with van der Waals surface area (Å²) in [5, 5.41) is 4.32. The molecule has 0 saturated heterocycles. The topological polar surface area (TPSA) is 64.2 Å². The molecule has 0 aliphatic carbocycles. The average Bonchev–Trinajstić information content (AvgIpc) is 2.87. The number of hydrogen-bond donors (Lipinski definition) is 1. The number of nitrogens with zero attached hydrogens (tertiary/aromatic N) is 3. The molecule has 0 saturated carbocycles. The highest BCUT2D eigenvalue weighted by atomic mass is 16.2. The molecule has 1 amide bonds. The number of rotatable bonds is 3. The van der Waals surface area contributed by atoms with Crippen molar-refractivity contribution in [1.82, 2.24) is 14.7 Å². The van der Waals surface area contributed by atoms with Gasteiger partial charge in [-0.2, -0.15) is 5.10 Å². The third kappa shape index (κ3) is 2.66. The van der Waals surface area contributed by atoms with E-state index in [0.29, 0.717) is 12.2 Å². The maximum absolute atomic E-state index is 11.8. The van der Waals surface area contributed by atoms with Gasteiger partial charge in [0, 0.05) is 26.8 Å². The molecule has 0 fully saturated rings. The van der Waals surface area contributed by atoms with Gasteiger partial charge in [0.2, 0.25) is 0 Å². The van der Waals surface area contributed by atoms with Crippen LogP contribution in [0.5, 0.6) is 0 Å². The van der Waals surface area contributed by atoms with Gasteiger partial charge >= 0.3 is 0 Å². The number of hydrogen-bond acceptors (Lipinski definition) is 3. The highest BCUT2D eigenvalue weighted by Crippen LogP contribution is 2.16. The summed E-state index contributed by atoms with van der Waals surface area (Å²) in [6.45, 7) is 2.49. The molecular weight excluding hydrogens is 240 g/mol. The Labute approximate surface area is 112 Å². The summed E-state index contributed by atoms with van der Waals surface area (Å²) >= 11 is 0. The van der Waals surface area contributed by atoms with Crippen LogP contribution in [-0.4, -0.2) is 34.7 Å². The minimum Gasteiger partial charge on any atom is -0.343 e. The van der Waals surface area contributed by atoms with E-state index >= 15 is 0 Å². The lowest BCUT2D eigenvalue weighted by molar-refractivity contribution is 0.0821. The van der Waals surface area contributed by atoms with Gasteiger partial charge < -0.3 is 10.6 Å². The van der Waals surface area contributed by atoms with Crippen LogP contribution in [0.4, 0.5) is 0 Å². The molecule has 2 rings (SSSR count). The molecule has 0 radical (unpaired) electrons. The maximum atomic E-state index is 11.8. The van der Waals surface area contributed by atoms with Gasteiger partial charge in [-0.25, -0.2) is 4.68 Å². The highest BCUT2D eigenvalue weighted by molar-refractivity contribution is 5.91. The van der Waals surface area contributed by atoms with E-state index < -0.39 is 0 Å². The average molecular weight is 258 g/mol. The standard InChI is InChI=1S/C14H18N4O/c1-10-4-5-11(9-15)8-13(10)18-7-6-12(16-18)14(19)17(2)3/h4-8H,9,15H2,1-3H3. The Kier molecular flexibility index (Phi) is 3.66. The first-order chi connectivity index (χ1) is 9.02. The summed E-state index contributed by atoms with van der Waals surface area (Å²) < 4.78 is 1.71. The minimum atomic E-state index is -0.105. The molecule has 0 bridgehead atoms. The number of amides is 1. The fraction of sp³-hybridized carbons (Fsp3) is 0.286. The van der Waals surface area contributed by atoms with E-state index in [2.05, 4.69) is 5.10 Å². The number of carbonyl (C=O) groups excluding carboxylic acids is 1. The predicted octanol–water partition coefficient (Wildman–Crippen LogP) is 1.34. The van der Waals surface area contributed by atoms with Crippen LogP contribution in [0.2, 0.25) is 0 Å². The zero-order chi connectivity index (χ0) is 14.0. The second-order valence-corrected chi connectivity index (χ2v) is 4.67. The minimum absolute atomic E-state index is 0.105. The van der Waals surface area contributed by atoms with Crippen molar-refractivity contribution < 1.29 is 4.79 Å². The summed E-state index contributed by atoms with van der Waals surface area (Å²) in [6, 6.07) is 7.71. The number of carbonyl (C=O) groups is 1. The predicted molar refractivity (Wildman–Crippen MR) is 74.2 cm³/mol. The van der Waals surface area contributed by atoms with Gasteiger partial charge in [0.25, 0.3) is 5.91 Å². The van der Waals surface area contributed by atoms with Crippen molar-refractivity contribution in [2.45, 2.75) is 13.5 Å². The van der Waals surface area contributed by atoms with Crippen LogP contribution in [0.3, 0.4) is 0 Å². The number of aromatic nitrogens is 2. The Balaban J connectivity index is 2.40. The Morgan fingerprint density at radius 2 is 2.11 bits per heavy atom. The Bertz CT molecular complexity index is 601. The van der Waals surface area contributed by atoms with Crippen LogP contribution >= 0.6 is 0 Å². The Morgan fingerprint density at radius 3 is 2.74 bits per heavy atom. The van der Waals surface area contributed by atoms with E-state index in [1.54, 1.807) is 31.0 Å². The SMILES string of the molecule is Cc1ccc(CN)cc1-n1ccc(C(=O)N(C)C)n1. The van der Waals surface area contributed by atoms with Gasteiger partial charge in [-0.3, -0.25) is 4.79 Å². The summed E-state index contributed by atoms with van der Waals surface area (Å²) in [6.07, 6.45) is 1.79. The molecule has 1 aromatic heterocycles. The fourth-order valence-corrected chi connectivity index (χ4v) is 1.83. The molecule has 1 aromatic carbocycles. The molecule has 100 valence electrons. The molecule has 5 nitrogen and oxygen atoms in total. The lowest BCUT2D eigenvalue weighted by Gasteiger charge is -2.09. The van der Waals surface area contributed by atoms with Crippen molar-refractivity contribution >= 4 is 5.91 Å². The van der Waals surface area contributed by atoms with E-state index in [0.717, 1.165) is 16.8 Å². The van der Waals surface area contributed by atoms with Crippen molar-refractivity contribution in [2.24, 2.45) is 5.73 Å². The smallest absolute Gasteiger partial charge is 0.273 e. The van der Waals surface area contributed by atoms with E-state index in [4.69, 9.17) is 5.73 Å². The van der Waals surface area contributed by atoms with Gasteiger partial charge in [-0.05, 0) is 30.2 Å². The van der Waals surface area contributed by atoms with Gasteiger partial charge in [0.15, 0.2) is 5.69 Å². The molecule has 0 aliphatic heterocycles. The molecule has 2 N–H and O–H groups in total. The third-order valence-electron chi connectivity index (χ3n) is 2.97. The zero-order valence-electron chi connectivity index (χ0n) is 11.4. The molecule has 5 heteroatoms. The summed E-state index contributed by atoms with van der Waals surface area (Å²) in [7, 11) is 3.42. The molecule has 1 heterocycles. The number of benzene rings is 1. The fourth-order valence-electron chi connectivity index (χ4n) is 1.83. The summed E-state index contributed by atoms with van der Waals surface area (Å²) in [4.78, 5) is 13.3. The second-order valence-electron chi connectivity index (χ2n) is 4.67. The second kappa shape index (κ2) is 5.24. The lowest BCUT2D eigenvalue weighted by atomic mass is 10.1. The van der Waals surface area contributed by atoms with Crippen molar-refractivity contribution in [3.63, 3.8) is 0 Å². The van der Waals surface area contributed by atoms with Gasteiger partial charge in [-0.15, -0.1) is 0 Å². The van der Waals surface area contributed by atoms with Crippen molar-refractivity contribution in [2.75, 3.05) is 14.1 Å². The van der Waals surface area contributed by atoms with Crippen LogP contribution in [-0.2, 0) is 6.54 Å². The first-order valence-corrected chi connectivity index (χ1v) is 6.10. The van der Waals surface area contributed by atoms with Crippen LogP contribution in [0.15, 0.2) is 30.5 Å². The summed E-state index contributed by atoms with van der Waals surface area (Å²) in [5.74, 6) is -0.105. The number of nitrogens with two attached hydrogens (primary N) is 1. The van der Waals surface area contributed by atoms with E-state index in [9.17, 15) is 4.79 Å². The van der Waals surface area contributed by atoms with Crippen LogP contribution in [0.1, 0.15) is 21.6 Å². The third-order valence-corrected chi connectivity index (χ3v) is 2.97. The molecule has 0 unspecified atom stereocenters. The van der Waals surface area contributed by atoms with Crippen molar-refractivity contribution in [1.29, 1.82) is 0 Å². The normalized spacial score (nSPS) is 10.5. The molecule has 19 heavy (non-hydrogen) atoms. The largest absolute Gasteiger partial charge is 0.343 e. The van der Waals surface area contributed by atoms with Gasteiger partial charge in [-0.1, -0.05) is 12.1 Å². The number of aryl methyl sites for hydroxylation is 1. The van der Waals surface area contributed by atoms with Crippen molar-refractivity contribution in [3.05, 3.63) is 47.3 Å². The molecule has 0 aliphatic rings. The highest BCUT2D eigenvalue weighted by Gasteiger charge is 2.12. The van der Waals surface area contributed by atoms with Crippen LogP contribution in [0.25, 0.3) is 5.69 Å². The molecule has 0 spiro atoms. The lowest BCUT2D eigenvalue weighted by Crippen LogP contribution is -2.22. The van der Waals surface area contributed by atoms with Gasteiger partial charge in [0.05, 0.1) is 5.69 Å². The van der Waals surface area contributed by atoms with Gasteiger partial charge in [0.1, 0.15) is 0 Å².